The van der Waals surface area contributed by atoms with E-state index in [9.17, 15) is 0 Å². The highest BCUT2D eigenvalue weighted by Gasteiger charge is 2.38. The van der Waals surface area contributed by atoms with Crippen LogP contribution < -0.4 is 0 Å². The molecule has 2 atom stereocenters. The molecule has 0 spiro atoms. The van der Waals surface area contributed by atoms with Crippen LogP contribution >= 0.6 is 26.2 Å². The highest BCUT2D eigenvalue weighted by molar-refractivity contribution is 8.93. The Balaban J connectivity index is 0.00000280. The van der Waals surface area contributed by atoms with Gasteiger partial charge in [0, 0.05) is 11.1 Å². The van der Waals surface area contributed by atoms with Gasteiger partial charge in [0.1, 0.15) is 0 Å². The average Bonchev–Trinajstić information content (AvgIpc) is 2.75. The molecular weight excluding hydrogens is 423 g/mol. The SMILES string of the molecule is Br.CCCCCCC(c1ccccc1)C(P)(c1ccccc1)c1ccccc1. The van der Waals surface area contributed by atoms with Crippen LogP contribution in [0.5, 0.6) is 0 Å². The van der Waals surface area contributed by atoms with Crippen molar-refractivity contribution in [2.45, 2.75) is 50.1 Å². The number of rotatable bonds is 9. The van der Waals surface area contributed by atoms with E-state index in [0.29, 0.717) is 5.92 Å². The van der Waals surface area contributed by atoms with Crippen LogP contribution in [0.2, 0.25) is 0 Å². The third-order valence-electron chi connectivity index (χ3n) is 5.60. The third-order valence-corrected chi connectivity index (χ3v) is 6.67. The monoisotopic (exact) mass is 454 g/mol. The van der Waals surface area contributed by atoms with Gasteiger partial charge >= 0.3 is 0 Å². The second-order valence-corrected chi connectivity index (χ2v) is 8.32. The van der Waals surface area contributed by atoms with Crippen molar-refractivity contribution in [2.75, 3.05) is 0 Å². The molecule has 3 aromatic carbocycles. The van der Waals surface area contributed by atoms with Crippen molar-refractivity contribution in [3.63, 3.8) is 0 Å². The minimum absolute atomic E-state index is 0. The number of benzene rings is 3. The minimum Gasteiger partial charge on any atom is -0.121 e. The highest BCUT2D eigenvalue weighted by atomic mass is 79.9. The van der Waals surface area contributed by atoms with Gasteiger partial charge in [-0.15, -0.1) is 26.2 Å². The molecule has 0 nitrogen and oxygen atoms in total. The molecule has 0 amide bonds. The van der Waals surface area contributed by atoms with Crippen LogP contribution in [0, 0.1) is 0 Å². The zero-order chi connectivity index (χ0) is 19.0. The number of hydrogen-bond acceptors (Lipinski definition) is 0. The molecule has 148 valence electrons. The Morgan fingerprint density at radius 3 is 1.61 bits per heavy atom. The molecule has 0 saturated heterocycles. The molecule has 0 saturated carbocycles. The van der Waals surface area contributed by atoms with Crippen LogP contribution in [0.1, 0.15) is 61.6 Å². The predicted molar refractivity (Wildman–Crippen MR) is 132 cm³/mol. The molecule has 2 unspecified atom stereocenters. The molecule has 0 aliphatic carbocycles. The van der Waals surface area contributed by atoms with Gasteiger partial charge in [-0.2, -0.15) is 0 Å². The lowest BCUT2D eigenvalue weighted by Gasteiger charge is -2.39. The topological polar surface area (TPSA) is 0 Å². The van der Waals surface area contributed by atoms with Crippen molar-refractivity contribution < 1.29 is 0 Å². The summed E-state index contributed by atoms with van der Waals surface area (Å²) in [4.78, 5) is 0. The van der Waals surface area contributed by atoms with Gasteiger partial charge in [-0.25, -0.2) is 0 Å². The zero-order valence-corrected chi connectivity index (χ0v) is 19.6. The van der Waals surface area contributed by atoms with Crippen molar-refractivity contribution in [1.29, 1.82) is 0 Å². The Kier molecular flexibility index (Phi) is 9.42. The van der Waals surface area contributed by atoms with Gasteiger partial charge in [0.15, 0.2) is 0 Å². The minimum atomic E-state index is -0.129. The smallest absolute Gasteiger partial charge is 0.0412 e. The van der Waals surface area contributed by atoms with E-state index in [-0.39, 0.29) is 22.1 Å². The van der Waals surface area contributed by atoms with E-state index in [1.807, 2.05) is 0 Å². The lowest BCUT2D eigenvalue weighted by molar-refractivity contribution is 0.485. The zero-order valence-electron chi connectivity index (χ0n) is 16.8. The Bertz CT molecular complexity index is 747. The molecule has 0 aliphatic heterocycles. The van der Waals surface area contributed by atoms with Crippen LogP contribution in [0.3, 0.4) is 0 Å². The Hall–Kier alpha value is -1.43. The second kappa shape index (κ2) is 11.5. The van der Waals surface area contributed by atoms with Gasteiger partial charge in [-0.1, -0.05) is 124 Å². The van der Waals surface area contributed by atoms with Crippen LogP contribution in [-0.2, 0) is 5.16 Å². The van der Waals surface area contributed by atoms with E-state index in [4.69, 9.17) is 0 Å². The second-order valence-electron chi connectivity index (χ2n) is 7.41. The van der Waals surface area contributed by atoms with Crippen molar-refractivity contribution in [2.24, 2.45) is 0 Å². The van der Waals surface area contributed by atoms with Crippen LogP contribution in [0.15, 0.2) is 91.0 Å². The van der Waals surface area contributed by atoms with E-state index >= 15 is 0 Å². The largest absolute Gasteiger partial charge is 0.121 e. The first-order valence-corrected chi connectivity index (χ1v) is 10.8. The molecule has 3 rings (SSSR count). The normalized spacial score (nSPS) is 12.2. The van der Waals surface area contributed by atoms with Crippen molar-refractivity contribution in [3.05, 3.63) is 108 Å². The Morgan fingerprint density at radius 1 is 0.679 bits per heavy atom. The molecule has 0 N–H and O–H groups in total. The predicted octanol–water partition coefficient (Wildman–Crippen LogP) is 8.14. The van der Waals surface area contributed by atoms with Crippen LogP contribution in [0.25, 0.3) is 0 Å². The Labute approximate surface area is 183 Å². The van der Waals surface area contributed by atoms with Crippen molar-refractivity contribution in [3.8, 4) is 0 Å². The van der Waals surface area contributed by atoms with Crippen molar-refractivity contribution >= 4 is 26.2 Å². The first kappa shape index (κ1) is 22.9. The first-order valence-electron chi connectivity index (χ1n) is 10.2. The fourth-order valence-corrected chi connectivity index (χ4v) is 4.86. The summed E-state index contributed by atoms with van der Waals surface area (Å²) in [5, 5.41) is -0.129. The summed E-state index contributed by atoms with van der Waals surface area (Å²) in [5.74, 6) is 0.422. The third kappa shape index (κ3) is 5.34. The van der Waals surface area contributed by atoms with Gasteiger partial charge in [0.05, 0.1) is 0 Å². The summed E-state index contributed by atoms with van der Waals surface area (Å²) in [6, 6.07) is 33.1. The molecule has 0 heterocycles. The summed E-state index contributed by atoms with van der Waals surface area (Å²) < 4.78 is 0. The number of hydrogen-bond donors (Lipinski definition) is 0. The molecule has 0 fully saturated rings. The van der Waals surface area contributed by atoms with Crippen molar-refractivity contribution in [1.82, 2.24) is 0 Å². The molecule has 0 aromatic heterocycles. The summed E-state index contributed by atoms with van der Waals surface area (Å²) in [5.41, 5.74) is 4.16. The molecule has 2 heteroatoms. The number of halogens is 1. The van der Waals surface area contributed by atoms with E-state index in [0.717, 1.165) is 0 Å². The maximum absolute atomic E-state index is 3.25. The van der Waals surface area contributed by atoms with Gasteiger partial charge in [-0.3, -0.25) is 0 Å². The summed E-state index contributed by atoms with van der Waals surface area (Å²) >= 11 is 0. The van der Waals surface area contributed by atoms with E-state index in [2.05, 4.69) is 107 Å². The van der Waals surface area contributed by atoms with Gasteiger partial charge < -0.3 is 0 Å². The summed E-state index contributed by atoms with van der Waals surface area (Å²) in [6.07, 6.45) is 6.37. The molecule has 3 aromatic rings. The Morgan fingerprint density at radius 2 is 1.14 bits per heavy atom. The van der Waals surface area contributed by atoms with E-state index in [1.54, 1.807) is 0 Å². The molecule has 0 bridgehead atoms. The summed E-state index contributed by atoms with van der Waals surface area (Å²) in [7, 11) is 3.25. The average molecular weight is 455 g/mol. The standard InChI is InChI=1S/C26H31P.BrH/c1-2-3-4-14-21-25(22-15-8-5-9-16-22)26(27,23-17-10-6-11-18-23)24-19-12-7-13-20-24;/h5-13,15-20,25H,2-4,14,21,27H2,1H3;1H. The highest BCUT2D eigenvalue weighted by Crippen LogP contribution is 2.51. The number of unbranched alkanes of at least 4 members (excludes halogenated alkanes) is 3. The molecule has 0 radical (unpaired) electrons. The van der Waals surface area contributed by atoms with E-state index < -0.39 is 0 Å². The molecule has 0 aliphatic rings. The fourth-order valence-electron chi connectivity index (χ4n) is 4.11. The van der Waals surface area contributed by atoms with Gasteiger partial charge in [0.2, 0.25) is 0 Å². The maximum atomic E-state index is 3.25. The quantitative estimate of drug-likeness (QED) is 0.226. The summed E-state index contributed by atoms with van der Waals surface area (Å²) in [6.45, 7) is 2.28. The van der Waals surface area contributed by atoms with Gasteiger partial charge in [0.25, 0.3) is 0 Å². The first-order chi connectivity index (χ1) is 13.3. The van der Waals surface area contributed by atoms with E-state index in [1.165, 1.54) is 48.8 Å². The lowest BCUT2D eigenvalue weighted by Crippen LogP contribution is -2.29. The maximum Gasteiger partial charge on any atom is 0.0412 e. The van der Waals surface area contributed by atoms with Crippen LogP contribution in [-0.4, -0.2) is 0 Å². The lowest BCUT2D eigenvalue weighted by atomic mass is 9.74. The van der Waals surface area contributed by atoms with Gasteiger partial charge in [-0.05, 0) is 23.1 Å². The molecule has 28 heavy (non-hydrogen) atoms. The molecular formula is C26H32BrP. The van der Waals surface area contributed by atoms with Crippen LogP contribution in [0.4, 0.5) is 0 Å². The fraction of sp³-hybridized carbons (Fsp3) is 0.308.